The van der Waals surface area contributed by atoms with Gasteiger partial charge >= 0.3 is 5.97 Å². The minimum atomic E-state index is -1.53. The van der Waals surface area contributed by atoms with Crippen molar-refractivity contribution < 1.29 is 29.6 Å². The van der Waals surface area contributed by atoms with E-state index in [-0.39, 0.29) is 12.3 Å². The van der Waals surface area contributed by atoms with E-state index in [2.05, 4.69) is 5.10 Å². The summed E-state index contributed by atoms with van der Waals surface area (Å²) in [6.45, 7) is -0.0177. The van der Waals surface area contributed by atoms with Crippen LogP contribution in [0.5, 0.6) is 0 Å². The minimum Gasteiger partial charge on any atom is -0.458 e. The summed E-state index contributed by atoms with van der Waals surface area (Å²) in [6, 6.07) is 12.3. The van der Waals surface area contributed by atoms with Gasteiger partial charge in [-0.2, -0.15) is 5.10 Å². The molecule has 1 aromatic heterocycles. The van der Waals surface area contributed by atoms with Crippen molar-refractivity contribution in [2.24, 2.45) is 0 Å². The number of aliphatic hydroxyl groups is 3. The molecular formula is C20H18Cl2N2O6. The molecule has 158 valence electrons. The highest BCUT2D eigenvalue weighted by atomic mass is 35.5. The lowest BCUT2D eigenvalue weighted by atomic mass is 10.1. The molecule has 30 heavy (non-hydrogen) atoms. The average molecular weight is 453 g/mol. The van der Waals surface area contributed by atoms with E-state index in [4.69, 9.17) is 32.7 Å². The number of aliphatic hydroxyl groups excluding tert-OH is 3. The molecule has 0 radical (unpaired) electrons. The highest BCUT2D eigenvalue weighted by Gasteiger charge is 2.42. The lowest BCUT2D eigenvalue weighted by Gasteiger charge is -2.13. The van der Waals surface area contributed by atoms with Gasteiger partial charge < -0.3 is 24.8 Å². The smallest absolute Gasteiger partial charge is 0.359 e. The quantitative estimate of drug-likeness (QED) is 0.507. The van der Waals surface area contributed by atoms with E-state index in [1.807, 2.05) is 12.1 Å². The number of carbonyl (C=O) groups excluding carboxylic acids is 1. The molecule has 0 spiro atoms. The first kappa shape index (κ1) is 21.0. The zero-order chi connectivity index (χ0) is 21.4. The average Bonchev–Trinajstić information content (AvgIpc) is 3.18. The first-order chi connectivity index (χ1) is 14.3. The Balaban J connectivity index is 1.56. The summed E-state index contributed by atoms with van der Waals surface area (Å²) in [5.41, 5.74) is 1.61. The molecule has 0 amide bonds. The normalized spacial score (nSPS) is 23.8. The summed E-state index contributed by atoms with van der Waals surface area (Å²) in [6.07, 6.45) is -5.40. The Morgan fingerprint density at radius 2 is 1.80 bits per heavy atom. The van der Waals surface area contributed by atoms with Gasteiger partial charge in [-0.05, 0) is 29.8 Å². The topological polar surface area (TPSA) is 114 Å². The number of fused-ring (bicyclic) bond motifs is 1. The number of hydrogen-bond acceptors (Lipinski definition) is 7. The van der Waals surface area contributed by atoms with Crippen LogP contribution in [0.3, 0.4) is 0 Å². The van der Waals surface area contributed by atoms with E-state index in [1.54, 1.807) is 35.0 Å². The van der Waals surface area contributed by atoms with Gasteiger partial charge in [-0.15, -0.1) is 0 Å². The van der Waals surface area contributed by atoms with Crippen molar-refractivity contribution in [1.29, 1.82) is 0 Å². The molecule has 3 aromatic rings. The number of rotatable bonds is 5. The molecule has 10 heteroatoms. The van der Waals surface area contributed by atoms with Crippen LogP contribution in [-0.2, 0) is 16.0 Å². The SMILES string of the molecule is O=C(OC[C@H]1O[C@@H](O)[C@H](O)[C@H]1O)c1nn(Cc2cc(Cl)cc(Cl)c2)c2ccccc12. The van der Waals surface area contributed by atoms with Gasteiger partial charge in [0.25, 0.3) is 0 Å². The van der Waals surface area contributed by atoms with Crippen molar-refractivity contribution in [1.82, 2.24) is 9.78 Å². The number of benzene rings is 2. The van der Waals surface area contributed by atoms with Crippen LogP contribution in [0.25, 0.3) is 10.9 Å². The highest BCUT2D eigenvalue weighted by Crippen LogP contribution is 2.24. The Labute approximate surface area is 181 Å². The van der Waals surface area contributed by atoms with Crippen molar-refractivity contribution >= 4 is 40.1 Å². The third-order valence-corrected chi connectivity index (χ3v) is 5.26. The van der Waals surface area contributed by atoms with Crippen LogP contribution in [0.2, 0.25) is 10.0 Å². The molecule has 1 saturated heterocycles. The molecule has 2 aromatic carbocycles. The fraction of sp³-hybridized carbons (Fsp3) is 0.300. The van der Waals surface area contributed by atoms with Gasteiger partial charge in [0.05, 0.1) is 12.1 Å². The number of nitrogens with zero attached hydrogens (tertiary/aromatic N) is 2. The second-order valence-electron chi connectivity index (χ2n) is 6.95. The molecule has 3 N–H and O–H groups in total. The molecule has 0 bridgehead atoms. The van der Waals surface area contributed by atoms with Gasteiger partial charge in [-0.1, -0.05) is 41.4 Å². The van der Waals surface area contributed by atoms with E-state index in [0.29, 0.717) is 27.5 Å². The molecule has 0 aliphatic carbocycles. The van der Waals surface area contributed by atoms with Gasteiger partial charge in [0.15, 0.2) is 12.0 Å². The third-order valence-electron chi connectivity index (χ3n) is 4.82. The fourth-order valence-electron chi connectivity index (χ4n) is 3.37. The molecular weight excluding hydrogens is 435 g/mol. The molecule has 0 unspecified atom stereocenters. The van der Waals surface area contributed by atoms with Crippen molar-refractivity contribution in [3.05, 3.63) is 63.8 Å². The van der Waals surface area contributed by atoms with Crippen molar-refractivity contribution in [3.8, 4) is 0 Å². The Morgan fingerprint density at radius 3 is 2.47 bits per heavy atom. The van der Waals surface area contributed by atoms with Crippen LogP contribution in [0.4, 0.5) is 0 Å². The summed E-state index contributed by atoms with van der Waals surface area (Å²) >= 11 is 12.1. The first-order valence-corrected chi connectivity index (χ1v) is 9.86. The zero-order valence-corrected chi connectivity index (χ0v) is 17.0. The lowest BCUT2D eigenvalue weighted by molar-refractivity contribution is -0.133. The van der Waals surface area contributed by atoms with Gasteiger partial charge in [-0.3, -0.25) is 4.68 Å². The molecule has 1 fully saturated rings. The second kappa shape index (κ2) is 8.50. The van der Waals surface area contributed by atoms with E-state index < -0.39 is 30.6 Å². The monoisotopic (exact) mass is 452 g/mol. The maximum atomic E-state index is 12.7. The number of esters is 1. The Kier molecular flexibility index (Phi) is 5.97. The van der Waals surface area contributed by atoms with Crippen molar-refractivity contribution in [2.45, 2.75) is 31.1 Å². The van der Waals surface area contributed by atoms with Crippen molar-refractivity contribution in [2.75, 3.05) is 6.61 Å². The number of carbonyl (C=O) groups is 1. The predicted molar refractivity (Wildman–Crippen MR) is 108 cm³/mol. The minimum absolute atomic E-state index is 0.0901. The van der Waals surface area contributed by atoms with Crippen LogP contribution < -0.4 is 0 Å². The van der Waals surface area contributed by atoms with Gasteiger partial charge in [0, 0.05) is 15.4 Å². The lowest BCUT2D eigenvalue weighted by Crippen LogP contribution is -2.34. The number of para-hydroxylation sites is 1. The molecule has 1 aliphatic rings. The molecule has 1 aliphatic heterocycles. The van der Waals surface area contributed by atoms with E-state index >= 15 is 0 Å². The zero-order valence-electron chi connectivity index (χ0n) is 15.5. The third kappa shape index (κ3) is 4.15. The van der Waals surface area contributed by atoms with E-state index in [0.717, 1.165) is 5.56 Å². The second-order valence-corrected chi connectivity index (χ2v) is 7.82. The summed E-state index contributed by atoms with van der Waals surface area (Å²) in [7, 11) is 0. The first-order valence-electron chi connectivity index (χ1n) is 9.11. The number of hydrogen-bond donors (Lipinski definition) is 3. The number of aromatic nitrogens is 2. The van der Waals surface area contributed by atoms with E-state index in [9.17, 15) is 20.1 Å². The van der Waals surface area contributed by atoms with Crippen LogP contribution >= 0.6 is 23.2 Å². The highest BCUT2D eigenvalue weighted by molar-refractivity contribution is 6.34. The number of ether oxygens (including phenoxy) is 2. The molecule has 4 rings (SSSR count). The molecule has 0 saturated carbocycles. The van der Waals surface area contributed by atoms with Crippen LogP contribution in [0, 0.1) is 0 Å². The van der Waals surface area contributed by atoms with Gasteiger partial charge in [0.2, 0.25) is 0 Å². The summed E-state index contributed by atoms with van der Waals surface area (Å²) < 4.78 is 11.9. The maximum Gasteiger partial charge on any atom is 0.359 e. The fourth-order valence-corrected chi connectivity index (χ4v) is 3.94. The standard InChI is InChI=1S/C20H18Cl2N2O6/c21-11-5-10(6-12(22)7-11)8-24-14-4-2-1-3-13(14)16(23-24)19(27)29-9-15-17(25)18(26)20(28)30-15/h1-7,15,17-18,20,25-26,28H,8-9H2/t15-,17+,18-,20-/m1/s1. The predicted octanol–water partition coefficient (Wildman–Crippen LogP) is 1.99. The van der Waals surface area contributed by atoms with Crippen molar-refractivity contribution in [3.63, 3.8) is 0 Å². The van der Waals surface area contributed by atoms with Crippen LogP contribution in [-0.4, -0.2) is 62.3 Å². The molecule has 8 nitrogen and oxygen atoms in total. The van der Waals surface area contributed by atoms with Crippen LogP contribution in [0.15, 0.2) is 42.5 Å². The molecule has 2 heterocycles. The molecule has 4 atom stereocenters. The largest absolute Gasteiger partial charge is 0.458 e. The Bertz CT molecular complexity index is 1070. The van der Waals surface area contributed by atoms with Crippen LogP contribution in [0.1, 0.15) is 16.1 Å². The number of halogens is 2. The van der Waals surface area contributed by atoms with Gasteiger partial charge in [0.1, 0.15) is 24.9 Å². The van der Waals surface area contributed by atoms with E-state index in [1.165, 1.54) is 0 Å². The summed E-state index contributed by atoms with van der Waals surface area (Å²) in [5, 5.41) is 34.8. The Hall–Kier alpha value is -2.20. The Morgan fingerprint density at radius 1 is 1.10 bits per heavy atom. The summed E-state index contributed by atoms with van der Waals surface area (Å²) in [4.78, 5) is 12.7. The summed E-state index contributed by atoms with van der Waals surface area (Å²) in [5.74, 6) is -0.722. The van der Waals surface area contributed by atoms with Gasteiger partial charge in [-0.25, -0.2) is 4.79 Å². The maximum absolute atomic E-state index is 12.7.